The fourth-order valence-electron chi connectivity index (χ4n) is 3.12. The molecule has 28 heavy (non-hydrogen) atoms. The zero-order valence-corrected chi connectivity index (χ0v) is 18.3. The van der Waals surface area contributed by atoms with Gasteiger partial charge in [-0.3, -0.25) is 0 Å². The maximum Gasteiger partial charge on any atom is 0.410 e. The van der Waals surface area contributed by atoms with Crippen molar-refractivity contribution in [3.8, 4) is 0 Å². The molecule has 0 spiro atoms. The van der Waals surface area contributed by atoms with Crippen molar-refractivity contribution in [1.29, 1.82) is 0 Å². The molecule has 0 aliphatic carbocycles. The van der Waals surface area contributed by atoms with E-state index in [-0.39, 0.29) is 17.2 Å². The van der Waals surface area contributed by atoms with Crippen LogP contribution in [0.25, 0.3) is 0 Å². The monoisotopic (exact) mass is 469 g/mol. The van der Waals surface area contributed by atoms with Gasteiger partial charge in [-0.25, -0.2) is 14.2 Å². The number of nitrogens with zero attached hydrogens (tertiary/aromatic N) is 3. The Balaban J connectivity index is 1.88. The molecule has 1 saturated heterocycles. The van der Waals surface area contributed by atoms with E-state index < -0.39 is 11.4 Å². The number of carbonyl (C=O) groups excluding carboxylic acids is 1. The smallest absolute Gasteiger partial charge is 0.410 e. The van der Waals surface area contributed by atoms with Crippen LogP contribution in [-0.2, 0) is 4.74 Å². The summed E-state index contributed by atoms with van der Waals surface area (Å²) in [4.78, 5) is 20.6. The van der Waals surface area contributed by atoms with E-state index in [9.17, 15) is 9.18 Å². The third-order valence-electron chi connectivity index (χ3n) is 4.32. The van der Waals surface area contributed by atoms with Crippen molar-refractivity contribution in [1.82, 2.24) is 9.88 Å². The van der Waals surface area contributed by atoms with E-state index >= 15 is 0 Å². The molecule has 5 nitrogen and oxygen atoms in total. The van der Waals surface area contributed by atoms with Crippen molar-refractivity contribution in [3.63, 3.8) is 0 Å². The summed E-state index contributed by atoms with van der Waals surface area (Å²) in [7, 11) is 0. The van der Waals surface area contributed by atoms with Crippen molar-refractivity contribution in [2.24, 2.45) is 0 Å². The van der Waals surface area contributed by atoms with Gasteiger partial charge in [0.2, 0.25) is 0 Å². The highest BCUT2D eigenvalue weighted by molar-refractivity contribution is 9.10. The third kappa shape index (κ3) is 4.94. The summed E-state index contributed by atoms with van der Waals surface area (Å²) in [6, 6.07) is 8.31. The van der Waals surface area contributed by atoms with Gasteiger partial charge in [0.15, 0.2) is 0 Å². The Morgan fingerprint density at radius 1 is 1.36 bits per heavy atom. The van der Waals surface area contributed by atoms with E-state index in [0.717, 1.165) is 16.6 Å². The van der Waals surface area contributed by atoms with E-state index in [2.05, 4.69) is 20.9 Å². The highest BCUT2D eigenvalue weighted by atomic mass is 79.9. The molecule has 0 radical (unpaired) electrons. The molecule has 1 aliphatic heterocycles. The average molecular weight is 471 g/mol. The van der Waals surface area contributed by atoms with Gasteiger partial charge in [-0.1, -0.05) is 11.6 Å². The predicted octanol–water partition coefficient (Wildman–Crippen LogP) is 5.78. The number of hydrogen-bond acceptors (Lipinski definition) is 4. The molecule has 0 N–H and O–H groups in total. The predicted molar refractivity (Wildman–Crippen MR) is 112 cm³/mol. The first-order valence-electron chi connectivity index (χ1n) is 8.98. The maximum absolute atomic E-state index is 13.7. The fourth-order valence-corrected chi connectivity index (χ4v) is 3.53. The van der Waals surface area contributed by atoms with E-state index in [1.54, 1.807) is 23.2 Å². The Bertz CT molecular complexity index is 858. The Morgan fingerprint density at radius 2 is 2.11 bits per heavy atom. The number of carbonyl (C=O) groups is 1. The average Bonchev–Trinajstić information content (AvgIpc) is 3.08. The normalized spacial score (nSPS) is 16.9. The van der Waals surface area contributed by atoms with Crippen LogP contribution >= 0.6 is 27.5 Å². The lowest BCUT2D eigenvalue weighted by atomic mass is 10.1. The highest BCUT2D eigenvalue weighted by Gasteiger charge is 2.34. The van der Waals surface area contributed by atoms with Gasteiger partial charge >= 0.3 is 6.09 Å². The number of benzene rings is 1. The van der Waals surface area contributed by atoms with Gasteiger partial charge in [0.25, 0.3) is 0 Å². The van der Waals surface area contributed by atoms with Crippen LogP contribution in [0.1, 0.15) is 27.2 Å². The molecular weight excluding hydrogens is 449 g/mol. The lowest BCUT2D eigenvalue weighted by Crippen LogP contribution is -2.39. The van der Waals surface area contributed by atoms with Crippen LogP contribution in [0.2, 0.25) is 5.02 Å². The summed E-state index contributed by atoms with van der Waals surface area (Å²) >= 11 is 9.41. The molecule has 1 aliphatic rings. The van der Waals surface area contributed by atoms with Crippen molar-refractivity contribution >= 4 is 45.1 Å². The third-order valence-corrected chi connectivity index (χ3v) is 5.08. The molecule has 150 valence electrons. The van der Waals surface area contributed by atoms with Gasteiger partial charge in [-0.2, -0.15) is 0 Å². The van der Waals surface area contributed by atoms with E-state index in [0.29, 0.717) is 18.9 Å². The minimum atomic E-state index is -0.549. The van der Waals surface area contributed by atoms with E-state index in [1.165, 1.54) is 6.07 Å². The van der Waals surface area contributed by atoms with Crippen molar-refractivity contribution in [3.05, 3.63) is 51.8 Å². The Morgan fingerprint density at radius 3 is 2.71 bits per heavy atom. The first kappa shape index (κ1) is 20.9. The molecule has 8 heteroatoms. The summed E-state index contributed by atoms with van der Waals surface area (Å²) < 4.78 is 20.0. The maximum atomic E-state index is 13.7. The molecule has 1 amide bonds. The highest BCUT2D eigenvalue weighted by Crippen LogP contribution is 2.33. The van der Waals surface area contributed by atoms with E-state index in [1.807, 2.05) is 37.8 Å². The van der Waals surface area contributed by atoms with Gasteiger partial charge in [-0.05, 0) is 73.5 Å². The summed E-state index contributed by atoms with van der Waals surface area (Å²) in [5.74, 6) is 0.220. The zero-order valence-electron chi connectivity index (χ0n) is 16.0. The molecular formula is C20H22BrClFN3O2. The second-order valence-corrected chi connectivity index (χ2v) is 8.99. The van der Waals surface area contributed by atoms with Crippen LogP contribution in [0.15, 0.2) is 41.0 Å². The number of rotatable bonds is 3. The number of aromatic nitrogens is 1. The SMILES string of the molecule is CC(C)(C)OC(=O)N1CCC(N(c2ccc(F)c(Cl)c2)c2ccc(Br)cn2)C1. The van der Waals surface area contributed by atoms with Crippen LogP contribution < -0.4 is 4.90 Å². The molecule has 2 heterocycles. The quantitative estimate of drug-likeness (QED) is 0.570. The van der Waals surface area contributed by atoms with E-state index in [4.69, 9.17) is 16.3 Å². The van der Waals surface area contributed by atoms with Crippen molar-refractivity contribution in [2.45, 2.75) is 38.8 Å². The van der Waals surface area contributed by atoms with Crippen LogP contribution in [0.4, 0.5) is 20.7 Å². The fraction of sp³-hybridized carbons (Fsp3) is 0.400. The second kappa shape index (κ2) is 8.25. The number of anilines is 2. The lowest BCUT2D eigenvalue weighted by molar-refractivity contribution is 0.0293. The number of pyridine rings is 1. The van der Waals surface area contributed by atoms with Crippen LogP contribution in [0.5, 0.6) is 0 Å². The first-order chi connectivity index (χ1) is 13.1. The van der Waals surface area contributed by atoms with Gasteiger partial charge in [-0.15, -0.1) is 0 Å². The molecule has 1 aromatic heterocycles. The number of halogens is 3. The Hall–Kier alpha value is -1.86. The molecule has 1 unspecified atom stereocenters. The van der Waals surface area contributed by atoms with Gasteiger partial charge in [0.1, 0.15) is 17.2 Å². The lowest BCUT2D eigenvalue weighted by Gasteiger charge is -2.31. The largest absolute Gasteiger partial charge is 0.444 e. The number of likely N-dealkylation sites (tertiary alicyclic amines) is 1. The topological polar surface area (TPSA) is 45.7 Å². The summed E-state index contributed by atoms with van der Waals surface area (Å²) in [5, 5.41) is 0.0432. The molecule has 0 bridgehead atoms. The van der Waals surface area contributed by atoms with Crippen molar-refractivity contribution < 1.29 is 13.9 Å². The standard InChI is InChI=1S/C20H22BrClFN3O2/c1-20(2,3)28-19(27)25-9-8-15(12-25)26(18-7-4-13(21)11-24-18)14-5-6-17(23)16(22)10-14/h4-7,10-11,15H,8-9,12H2,1-3H3. The minimum absolute atomic E-state index is 0.0391. The van der Waals surface area contributed by atoms with Gasteiger partial charge < -0.3 is 14.5 Å². The summed E-state index contributed by atoms with van der Waals surface area (Å²) in [6.45, 7) is 6.58. The van der Waals surface area contributed by atoms with Crippen LogP contribution in [0, 0.1) is 5.82 Å². The number of amides is 1. The summed E-state index contributed by atoms with van der Waals surface area (Å²) in [5.41, 5.74) is 0.171. The minimum Gasteiger partial charge on any atom is -0.444 e. The van der Waals surface area contributed by atoms with Crippen LogP contribution in [-0.4, -0.2) is 40.7 Å². The molecule has 1 fully saturated rings. The molecule has 3 rings (SSSR count). The first-order valence-corrected chi connectivity index (χ1v) is 10.1. The Labute approximate surface area is 177 Å². The van der Waals surface area contributed by atoms with Gasteiger partial charge in [0, 0.05) is 29.4 Å². The second-order valence-electron chi connectivity index (χ2n) is 7.67. The molecule has 2 aromatic rings. The van der Waals surface area contributed by atoms with Crippen molar-refractivity contribution in [2.75, 3.05) is 18.0 Å². The number of ether oxygens (including phenoxy) is 1. The molecule has 1 atom stereocenters. The Kier molecular flexibility index (Phi) is 6.15. The molecule has 1 aromatic carbocycles. The zero-order chi connectivity index (χ0) is 20.5. The van der Waals surface area contributed by atoms with Crippen LogP contribution in [0.3, 0.4) is 0 Å². The number of hydrogen-bond donors (Lipinski definition) is 0. The molecule has 0 saturated carbocycles. The summed E-state index contributed by atoms with van der Waals surface area (Å²) in [6.07, 6.45) is 2.09. The van der Waals surface area contributed by atoms with Gasteiger partial charge in [0.05, 0.1) is 11.1 Å².